The van der Waals surface area contributed by atoms with Crippen molar-refractivity contribution in [3.63, 3.8) is 0 Å². The van der Waals surface area contributed by atoms with Crippen LogP contribution in [-0.4, -0.2) is 141 Å². The number of ether oxygens (including phenoxy) is 6. The summed E-state index contributed by atoms with van der Waals surface area (Å²) in [6.07, 6.45) is -10.2. The number of nitrogens with zero attached hydrogens (tertiary/aromatic N) is 1. The largest absolute Gasteiger partial charge is 0.394 e. The van der Waals surface area contributed by atoms with Crippen LogP contribution in [0.4, 0.5) is 14.5 Å². The summed E-state index contributed by atoms with van der Waals surface area (Å²) in [7, 11) is -7.77. The first-order valence-electron chi connectivity index (χ1n) is 31.2. The van der Waals surface area contributed by atoms with Gasteiger partial charge in [0.15, 0.2) is 9.84 Å². The molecule has 8 aromatic carbocycles. The average molecular weight is 1340 g/mol. The summed E-state index contributed by atoms with van der Waals surface area (Å²) in [6.45, 7) is 0.502. The van der Waals surface area contributed by atoms with Crippen molar-refractivity contribution in [3.05, 3.63) is 263 Å². The van der Waals surface area contributed by atoms with Crippen LogP contribution in [0.25, 0.3) is 11.1 Å². The topological polar surface area (TPSA) is 254 Å². The first kappa shape index (κ1) is 70.3. The molecule has 11 rings (SSSR count). The van der Waals surface area contributed by atoms with Gasteiger partial charge in [0.1, 0.15) is 72.7 Å². The Labute approximate surface area is 551 Å². The lowest BCUT2D eigenvalue weighted by Crippen LogP contribution is -2.62. The van der Waals surface area contributed by atoms with Gasteiger partial charge in [-0.05, 0) is 106 Å². The predicted molar refractivity (Wildman–Crippen MR) is 349 cm³/mol. The summed E-state index contributed by atoms with van der Waals surface area (Å²) in [4.78, 5) is 15.0. The Hall–Kier alpha value is -7.49. The van der Waals surface area contributed by atoms with Crippen LogP contribution in [0.2, 0.25) is 0 Å². The second-order valence-electron chi connectivity index (χ2n) is 23.7. The zero-order valence-corrected chi connectivity index (χ0v) is 53.6. The Bertz CT molecular complexity index is 3910. The van der Waals surface area contributed by atoms with Crippen LogP contribution in [-0.2, 0) is 83.8 Å². The maximum atomic E-state index is 13.7. The van der Waals surface area contributed by atoms with Gasteiger partial charge in [-0.1, -0.05) is 170 Å². The quantitative estimate of drug-likeness (QED) is 0.0238. The van der Waals surface area contributed by atoms with E-state index >= 15 is 0 Å². The molecule has 95 heavy (non-hydrogen) atoms. The highest BCUT2D eigenvalue weighted by molar-refractivity contribution is 7.91. The smallest absolute Gasteiger partial charge is 0.264 e. The Morgan fingerprint density at radius 2 is 0.958 bits per heavy atom. The molecule has 3 aliphatic heterocycles. The van der Waals surface area contributed by atoms with Crippen LogP contribution in [0.15, 0.2) is 223 Å². The first-order valence-corrected chi connectivity index (χ1v) is 34.6. The van der Waals surface area contributed by atoms with Crippen molar-refractivity contribution in [2.75, 3.05) is 36.7 Å². The van der Waals surface area contributed by atoms with Gasteiger partial charge in [0.25, 0.3) is 10.1 Å². The van der Waals surface area contributed by atoms with Crippen LogP contribution in [0, 0.1) is 17.6 Å². The third-order valence-electron chi connectivity index (χ3n) is 16.9. The van der Waals surface area contributed by atoms with Gasteiger partial charge < -0.3 is 58.9 Å². The predicted octanol–water partition coefficient (Wildman–Crippen LogP) is 9.17. The van der Waals surface area contributed by atoms with E-state index in [0.717, 1.165) is 39.6 Å². The molecule has 5 N–H and O–H groups in total. The molecule has 3 saturated heterocycles. The molecular formula is C73H77F2NO17S2. The van der Waals surface area contributed by atoms with Crippen molar-refractivity contribution >= 4 is 31.5 Å². The monoisotopic (exact) mass is 1340 g/mol. The minimum absolute atomic E-state index is 0.0524. The number of aliphatic hydroxyl groups is 5. The van der Waals surface area contributed by atoms with Crippen LogP contribution in [0.3, 0.4) is 0 Å². The number of amides is 1. The highest BCUT2D eigenvalue weighted by atomic mass is 32.2. The molecule has 0 radical (unpaired) electrons. The van der Waals surface area contributed by atoms with Crippen molar-refractivity contribution in [1.29, 1.82) is 0 Å². The summed E-state index contributed by atoms with van der Waals surface area (Å²) in [5, 5.41) is 50.5. The van der Waals surface area contributed by atoms with E-state index in [4.69, 9.17) is 32.6 Å². The number of aliphatic hydroxyl groups excluding tert-OH is 5. The lowest BCUT2D eigenvalue weighted by molar-refractivity contribution is -0.276. The lowest BCUT2D eigenvalue weighted by atomic mass is 9.78. The van der Waals surface area contributed by atoms with Gasteiger partial charge in [0, 0.05) is 5.69 Å². The summed E-state index contributed by atoms with van der Waals surface area (Å²) < 4.78 is 121. The lowest BCUT2D eigenvalue weighted by Gasteiger charge is -2.48. The number of sulfone groups is 1. The van der Waals surface area contributed by atoms with Gasteiger partial charge in [-0.15, -0.1) is 0 Å². The maximum Gasteiger partial charge on any atom is 0.264 e. The van der Waals surface area contributed by atoms with Crippen molar-refractivity contribution in [3.8, 4) is 11.1 Å². The molecule has 8 aromatic rings. The molecule has 3 unspecified atom stereocenters. The van der Waals surface area contributed by atoms with E-state index < -0.39 is 123 Å². The van der Waals surface area contributed by atoms with Crippen LogP contribution >= 0.6 is 0 Å². The zero-order valence-electron chi connectivity index (χ0n) is 52.0. The molecular weight excluding hydrogens is 1260 g/mol. The van der Waals surface area contributed by atoms with E-state index in [1.165, 1.54) is 60.7 Å². The van der Waals surface area contributed by atoms with Gasteiger partial charge in [0.05, 0.1) is 81.2 Å². The number of hydrogen-bond donors (Lipinski definition) is 5. The van der Waals surface area contributed by atoms with E-state index in [9.17, 15) is 55.9 Å². The van der Waals surface area contributed by atoms with Gasteiger partial charge in [0.2, 0.25) is 5.91 Å². The van der Waals surface area contributed by atoms with E-state index in [0.29, 0.717) is 43.1 Å². The highest BCUT2D eigenvalue weighted by Crippen LogP contribution is 2.47. The molecule has 3 fully saturated rings. The fourth-order valence-electron chi connectivity index (χ4n) is 11.9. The van der Waals surface area contributed by atoms with E-state index in [1.807, 2.05) is 146 Å². The fraction of sp³-hybridized carbons (Fsp3) is 0.329. The normalized spacial score (nSPS) is 24.0. The fourth-order valence-corrected chi connectivity index (χ4v) is 13.7. The Balaban J connectivity index is 0.000000208. The molecule has 18 nitrogen and oxygen atoms in total. The van der Waals surface area contributed by atoms with Gasteiger partial charge in [-0.3, -0.25) is 8.98 Å². The second-order valence-corrected chi connectivity index (χ2v) is 27.3. The van der Waals surface area contributed by atoms with E-state index in [2.05, 4.69) is 0 Å². The van der Waals surface area contributed by atoms with Gasteiger partial charge in [-0.2, -0.15) is 8.42 Å². The molecule has 0 spiro atoms. The van der Waals surface area contributed by atoms with Gasteiger partial charge >= 0.3 is 0 Å². The molecule has 0 aliphatic carbocycles. The standard InChI is InChI=1S/C37H37F2NO9S.C36H40O8S/c38-25-9-5-23(6-10-25)30(42)18-17-29-33(40(37(29)46)27-13-11-26(39)12-14-27)24-3-1-21(2-4-24)22-7-15-28(16-8-22)50(47,48)20-32-35(44)36(45)34(43)31(19-41)49-32;1-45(37,38)43-27-33-35(41-24-30-18-10-4-11-19-30)36(42-25-31-20-12-5-13-21-31)34(40-23-29-16-8-3-9-17-29)32(44-33)26-39-22-28-14-6-2-7-15-28/h1-16,29-36,41-45H,17-20H2;2-21,32-36H,22-27H2,1H3/t29-,30+,31-,32?,33-,34-,35+,36+;32?,33-,34+,35?,36+/m10/s1. The number of rotatable bonds is 27. The molecule has 22 heteroatoms. The summed E-state index contributed by atoms with van der Waals surface area (Å²) >= 11 is 0. The van der Waals surface area contributed by atoms with Crippen LogP contribution in [0.5, 0.6) is 0 Å². The summed E-state index contributed by atoms with van der Waals surface area (Å²) in [5.41, 5.74) is 7.28. The van der Waals surface area contributed by atoms with E-state index in [-0.39, 0.29) is 37.0 Å². The molecule has 502 valence electrons. The number of benzene rings is 8. The number of carbonyl (C=O) groups is 1. The molecule has 3 heterocycles. The number of hydrogen-bond acceptors (Lipinski definition) is 17. The van der Waals surface area contributed by atoms with Gasteiger partial charge in [-0.25, -0.2) is 17.2 Å². The molecule has 0 bridgehead atoms. The van der Waals surface area contributed by atoms with Crippen molar-refractivity contribution < 1.29 is 88.5 Å². The van der Waals surface area contributed by atoms with Crippen molar-refractivity contribution in [1.82, 2.24) is 0 Å². The third-order valence-corrected chi connectivity index (χ3v) is 19.2. The minimum Gasteiger partial charge on any atom is -0.394 e. The number of β-lactam (4-membered cyclic amide) rings is 1. The molecule has 0 aromatic heterocycles. The third kappa shape index (κ3) is 18.8. The molecule has 3 aliphatic rings. The molecule has 1 amide bonds. The minimum atomic E-state index is -4.01. The number of anilines is 1. The Morgan fingerprint density at radius 1 is 0.516 bits per heavy atom. The van der Waals surface area contributed by atoms with E-state index in [1.54, 1.807) is 17.0 Å². The Morgan fingerprint density at radius 3 is 1.45 bits per heavy atom. The zero-order chi connectivity index (χ0) is 67.1. The second kappa shape index (κ2) is 33.0. The SMILES string of the molecule is CS(=O)(=O)OC[C@@H]1OC(COCc2ccccc2)[C@@H](OCc2ccccc2)[C@@H](OCc2ccccc2)C1OCc1ccccc1.O=C1[C@H](CC[C@H](O)c2ccc(F)cc2)[C@@H](c2ccc(-c3ccc(S(=O)(=O)CC4O[C@H](CO)[C@@H](O)[C@H](O)[C@H]4O)cc3)cc2)N1c1ccc(F)cc1. The number of halogens is 2. The molecule has 13 atom stereocenters. The Kier molecular flexibility index (Phi) is 24.4. The van der Waals surface area contributed by atoms with Crippen LogP contribution < -0.4 is 4.90 Å². The first-order chi connectivity index (χ1) is 45.8. The average Bonchev–Trinajstić information content (AvgIpc) is 0.740. The van der Waals surface area contributed by atoms with Crippen LogP contribution in [0.1, 0.15) is 58.4 Å². The van der Waals surface area contributed by atoms with Crippen molar-refractivity contribution in [2.45, 2.75) is 117 Å². The summed E-state index contributed by atoms with van der Waals surface area (Å²) in [6, 6.07) is 63.5. The number of carbonyl (C=O) groups excluding carboxylic acids is 1. The highest BCUT2D eigenvalue weighted by Gasteiger charge is 2.51. The summed E-state index contributed by atoms with van der Waals surface area (Å²) in [5.74, 6) is -2.18. The molecule has 0 saturated carbocycles. The maximum absolute atomic E-state index is 13.7. The van der Waals surface area contributed by atoms with Crippen molar-refractivity contribution in [2.24, 2.45) is 5.92 Å².